The van der Waals surface area contributed by atoms with Gasteiger partial charge >= 0.3 is 0 Å². The van der Waals surface area contributed by atoms with Gasteiger partial charge in [0.15, 0.2) is 5.13 Å². The van der Waals surface area contributed by atoms with Crippen LogP contribution in [0.15, 0.2) is 48.5 Å². The summed E-state index contributed by atoms with van der Waals surface area (Å²) in [5.41, 5.74) is 4.20. The van der Waals surface area contributed by atoms with Crippen molar-refractivity contribution < 1.29 is 18.0 Å². The summed E-state index contributed by atoms with van der Waals surface area (Å²) in [6, 6.07) is 16.0. The van der Waals surface area contributed by atoms with Crippen LogP contribution in [0.25, 0.3) is 0 Å². The molecule has 7 nitrogen and oxygen atoms in total. The molecule has 0 unspecified atom stereocenters. The molecule has 31 heavy (non-hydrogen) atoms. The molecule has 0 radical (unpaired) electrons. The Hall–Kier alpha value is -3.30. The fourth-order valence-electron chi connectivity index (χ4n) is 2.82. The highest BCUT2D eigenvalue weighted by molar-refractivity contribution is 7.73. The molecular weight excluding hydrogens is 434 g/mol. The van der Waals surface area contributed by atoms with Crippen molar-refractivity contribution in [2.24, 2.45) is 0 Å². The largest absolute Gasteiger partial charge is 0.321 e. The topological polar surface area (TPSA) is 105 Å². The van der Waals surface area contributed by atoms with Crippen LogP contribution in [0.4, 0.5) is 10.8 Å². The van der Waals surface area contributed by atoms with Gasteiger partial charge in [-0.3, -0.25) is 14.9 Å². The number of aromatic nitrogens is 1. The van der Waals surface area contributed by atoms with E-state index in [1.54, 1.807) is 6.92 Å². The lowest BCUT2D eigenvalue weighted by Crippen LogP contribution is -2.13. The first-order valence-corrected chi connectivity index (χ1v) is 11.2. The Morgan fingerprint density at radius 2 is 1.42 bits per heavy atom. The SMILES string of the molecule is Cc1cc(C)c(NC(=O)c2sc(NC(=O)C=S(=O)=O)nc2C)c(C)c1.c1ccccc1. The van der Waals surface area contributed by atoms with Crippen molar-refractivity contribution in [2.75, 3.05) is 10.6 Å². The molecule has 0 saturated heterocycles. The maximum atomic E-state index is 12.5. The molecule has 162 valence electrons. The molecule has 3 aromatic rings. The van der Waals surface area contributed by atoms with Crippen molar-refractivity contribution in [1.82, 2.24) is 4.98 Å². The third-order valence-corrected chi connectivity index (χ3v) is 5.50. The van der Waals surface area contributed by atoms with Gasteiger partial charge in [0.25, 0.3) is 11.8 Å². The minimum atomic E-state index is -2.60. The lowest BCUT2D eigenvalue weighted by atomic mass is 10.1. The van der Waals surface area contributed by atoms with Crippen molar-refractivity contribution in [3.8, 4) is 0 Å². The highest BCUT2D eigenvalue weighted by Gasteiger charge is 2.18. The Bertz CT molecular complexity index is 1160. The molecule has 0 spiro atoms. The van der Waals surface area contributed by atoms with Crippen molar-refractivity contribution in [3.05, 3.63) is 75.8 Å². The van der Waals surface area contributed by atoms with Crippen molar-refractivity contribution in [3.63, 3.8) is 0 Å². The van der Waals surface area contributed by atoms with Gasteiger partial charge in [-0.25, -0.2) is 4.98 Å². The van der Waals surface area contributed by atoms with E-state index in [1.165, 1.54) is 0 Å². The monoisotopic (exact) mass is 457 g/mol. The number of anilines is 2. The first kappa shape index (κ1) is 24.0. The molecule has 0 aliphatic carbocycles. The number of nitrogens with one attached hydrogen (secondary N) is 2. The van der Waals surface area contributed by atoms with Crippen LogP contribution in [0, 0.1) is 27.7 Å². The second kappa shape index (κ2) is 11.2. The van der Waals surface area contributed by atoms with Gasteiger partial charge in [-0.2, -0.15) is 8.42 Å². The summed E-state index contributed by atoms with van der Waals surface area (Å²) in [7, 11) is -2.60. The minimum absolute atomic E-state index is 0.159. The zero-order valence-electron chi connectivity index (χ0n) is 17.6. The Labute approximate surface area is 186 Å². The summed E-state index contributed by atoms with van der Waals surface area (Å²) >= 11 is 0.981. The number of benzene rings is 2. The summed E-state index contributed by atoms with van der Waals surface area (Å²) in [5.74, 6) is -1.15. The van der Waals surface area contributed by atoms with Crippen LogP contribution in [0.1, 0.15) is 32.1 Å². The van der Waals surface area contributed by atoms with Gasteiger partial charge in [-0.1, -0.05) is 65.4 Å². The number of aryl methyl sites for hydroxylation is 4. The number of hydrogen-bond acceptors (Lipinski definition) is 6. The third-order valence-electron chi connectivity index (χ3n) is 4.02. The summed E-state index contributed by atoms with van der Waals surface area (Å²) in [6.07, 6.45) is 0. The molecule has 0 saturated carbocycles. The van der Waals surface area contributed by atoms with Crippen LogP contribution in [-0.4, -0.2) is 30.6 Å². The minimum Gasteiger partial charge on any atom is -0.321 e. The van der Waals surface area contributed by atoms with Crippen LogP contribution >= 0.6 is 11.3 Å². The molecule has 1 aromatic heterocycles. The quantitative estimate of drug-likeness (QED) is 0.578. The molecular formula is C22H23N3O4S2. The molecule has 2 aromatic carbocycles. The molecule has 0 aliphatic heterocycles. The number of hydrogen-bond donors (Lipinski definition) is 2. The average Bonchev–Trinajstić information content (AvgIpc) is 3.05. The number of rotatable bonds is 4. The van der Waals surface area contributed by atoms with E-state index >= 15 is 0 Å². The zero-order chi connectivity index (χ0) is 23.0. The van der Waals surface area contributed by atoms with E-state index in [-0.39, 0.29) is 11.0 Å². The van der Waals surface area contributed by atoms with E-state index in [9.17, 15) is 18.0 Å². The molecule has 1 heterocycles. The van der Waals surface area contributed by atoms with Gasteiger partial charge in [0, 0.05) is 5.69 Å². The predicted octanol–water partition coefficient (Wildman–Crippen LogP) is 3.94. The Balaban J connectivity index is 0.000000488. The summed E-state index contributed by atoms with van der Waals surface area (Å²) in [5, 5.41) is 5.85. The normalized spacial score (nSPS) is 9.81. The van der Waals surface area contributed by atoms with Crippen LogP contribution in [-0.2, 0) is 15.1 Å². The number of nitrogens with zero attached hydrogens (tertiary/aromatic N) is 1. The molecule has 0 aliphatic rings. The van der Waals surface area contributed by atoms with Gasteiger partial charge < -0.3 is 5.32 Å². The maximum absolute atomic E-state index is 12.5. The lowest BCUT2D eigenvalue weighted by molar-refractivity contribution is -0.109. The van der Waals surface area contributed by atoms with Crippen LogP contribution in [0.3, 0.4) is 0 Å². The first-order valence-electron chi connectivity index (χ1n) is 9.28. The average molecular weight is 458 g/mol. The lowest BCUT2D eigenvalue weighted by Gasteiger charge is -2.12. The number of carbonyl (C=O) groups excluding carboxylic acids is 2. The van der Waals surface area contributed by atoms with Crippen LogP contribution in [0.5, 0.6) is 0 Å². The molecule has 0 atom stereocenters. The van der Waals surface area contributed by atoms with Crippen molar-refractivity contribution in [1.29, 1.82) is 0 Å². The van der Waals surface area contributed by atoms with Gasteiger partial charge in [-0.05, 0) is 38.8 Å². The Morgan fingerprint density at radius 1 is 0.903 bits per heavy atom. The highest BCUT2D eigenvalue weighted by atomic mass is 32.2. The standard InChI is InChI=1S/C16H17N3O4S2.C6H6/c1-8-5-9(2)13(10(3)6-8)19-15(21)14-11(4)17-16(24-14)18-12(20)7-25(22)23;1-2-4-6-5-3-1/h5-7H,1-4H3,(H,19,21)(H,17,18,20);1-6H. The third kappa shape index (κ3) is 7.47. The van der Waals surface area contributed by atoms with E-state index in [1.807, 2.05) is 69.3 Å². The predicted molar refractivity (Wildman–Crippen MR) is 126 cm³/mol. The Kier molecular flexibility index (Phi) is 8.65. The van der Waals surface area contributed by atoms with Gasteiger partial charge in [0.2, 0.25) is 10.3 Å². The second-order valence-electron chi connectivity index (χ2n) is 6.68. The van der Waals surface area contributed by atoms with E-state index in [0.717, 1.165) is 33.7 Å². The van der Waals surface area contributed by atoms with E-state index in [4.69, 9.17) is 0 Å². The van der Waals surface area contributed by atoms with Crippen molar-refractivity contribution in [2.45, 2.75) is 27.7 Å². The van der Waals surface area contributed by atoms with Crippen LogP contribution < -0.4 is 10.6 Å². The van der Waals surface area contributed by atoms with Gasteiger partial charge in [0.05, 0.1) is 5.69 Å². The van der Waals surface area contributed by atoms with Crippen LogP contribution in [0.2, 0.25) is 0 Å². The zero-order valence-corrected chi connectivity index (χ0v) is 19.2. The number of carbonyl (C=O) groups is 2. The summed E-state index contributed by atoms with van der Waals surface area (Å²) in [6.45, 7) is 7.46. The van der Waals surface area contributed by atoms with Crippen molar-refractivity contribution >= 4 is 49.6 Å². The second-order valence-corrected chi connectivity index (χ2v) is 8.44. The smallest absolute Gasteiger partial charge is 0.267 e. The highest BCUT2D eigenvalue weighted by Crippen LogP contribution is 2.26. The van der Waals surface area contributed by atoms with E-state index < -0.39 is 16.2 Å². The van der Waals surface area contributed by atoms with E-state index in [2.05, 4.69) is 15.6 Å². The Morgan fingerprint density at radius 3 is 1.90 bits per heavy atom. The van der Waals surface area contributed by atoms with E-state index in [0.29, 0.717) is 15.9 Å². The molecule has 3 rings (SSSR count). The maximum Gasteiger partial charge on any atom is 0.267 e. The molecule has 0 fully saturated rings. The fraction of sp³-hybridized carbons (Fsp3) is 0.182. The van der Waals surface area contributed by atoms with Gasteiger partial charge in [-0.15, -0.1) is 0 Å². The molecule has 0 bridgehead atoms. The van der Waals surface area contributed by atoms with Gasteiger partial charge in [0.1, 0.15) is 10.2 Å². The molecule has 2 N–H and O–H groups in total. The fourth-order valence-corrected chi connectivity index (χ4v) is 3.91. The first-order chi connectivity index (χ1) is 14.7. The summed E-state index contributed by atoms with van der Waals surface area (Å²) < 4.78 is 20.9. The molecule has 2 amide bonds. The summed E-state index contributed by atoms with van der Waals surface area (Å²) in [4.78, 5) is 28.4. The molecule has 9 heteroatoms. The number of thiazole rings is 1. The number of amides is 2.